The van der Waals surface area contributed by atoms with E-state index in [9.17, 15) is 46.8 Å². The topological polar surface area (TPSA) is 144 Å². The molecule has 2 N–H and O–H groups in total. The summed E-state index contributed by atoms with van der Waals surface area (Å²) in [5, 5.41) is 23.5. The third-order valence-electron chi connectivity index (χ3n) is 6.04. The van der Waals surface area contributed by atoms with Crippen LogP contribution in [-0.2, 0) is 17.3 Å². The van der Waals surface area contributed by atoms with Crippen molar-refractivity contribution in [3.05, 3.63) is 80.7 Å². The number of alkyl halides is 3. The SMILES string of the molecule is COc1ccc([N+](=O)[O-])c(N(CCCc2c(Nc3ccc(C(F)(F)F)c(F)c3C(=O)O)ccc(F)c2F)C(=O)OC(C)(C)C)n1. The van der Waals surface area contributed by atoms with E-state index in [0.29, 0.717) is 12.1 Å². The molecule has 0 aliphatic carbocycles. The molecule has 45 heavy (non-hydrogen) atoms. The maximum atomic E-state index is 15.0. The van der Waals surface area contributed by atoms with Gasteiger partial charge in [0.25, 0.3) is 0 Å². The number of ether oxygens (including phenoxy) is 2. The van der Waals surface area contributed by atoms with Crippen LogP contribution in [0.15, 0.2) is 36.4 Å². The Hall–Kier alpha value is -5.09. The molecule has 0 aliphatic heterocycles. The van der Waals surface area contributed by atoms with E-state index in [1.54, 1.807) is 0 Å². The Labute approximate surface area is 251 Å². The van der Waals surface area contributed by atoms with Gasteiger partial charge in [0, 0.05) is 29.9 Å². The molecule has 11 nitrogen and oxygen atoms in total. The Morgan fingerprint density at radius 3 is 2.22 bits per heavy atom. The highest BCUT2D eigenvalue weighted by Gasteiger charge is 2.37. The first-order valence-electron chi connectivity index (χ1n) is 12.9. The second kappa shape index (κ2) is 13.3. The summed E-state index contributed by atoms with van der Waals surface area (Å²) in [6.07, 6.45) is -6.95. The molecule has 0 saturated carbocycles. The lowest BCUT2D eigenvalue weighted by atomic mass is 10.0. The average Bonchev–Trinajstić information content (AvgIpc) is 2.92. The Kier molecular flexibility index (Phi) is 10.1. The number of nitro groups is 1. The molecule has 0 fully saturated rings. The van der Waals surface area contributed by atoms with Crippen LogP contribution >= 0.6 is 0 Å². The largest absolute Gasteiger partial charge is 0.481 e. The number of benzene rings is 2. The van der Waals surface area contributed by atoms with E-state index in [0.717, 1.165) is 17.0 Å². The number of aromatic nitrogens is 1. The molecule has 3 rings (SSSR count). The van der Waals surface area contributed by atoms with Crippen LogP contribution in [0.3, 0.4) is 0 Å². The van der Waals surface area contributed by atoms with Crippen molar-refractivity contribution >= 4 is 34.9 Å². The van der Waals surface area contributed by atoms with Gasteiger partial charge < -0.3 is 19.9 Å². The molecule has 1 aromatic heterocycles. The average molecular weight is 645 g/mol. The van der Waals surface area contributed by atoms with Gasteiger partial charge in [-0.2, -0.15) is 18.2 Å². The number of carboxylic acid groups (broad SMARTS) is 1. The number of hydrogen-bond donors (Lipinski definition) is 2. The predicted octanol–water partition coefficient (Wildman–Crippen LogP) is 7.25. The van der Waals surface area contributed by atoms with E-state index in [1.165, 1.54) is 33.9 Å². The normalized spacial score (nSPS) is 11.6. The van der Waals surface area contributed by atoms with Gasteiger partial charge in [-0.15, -0.1) is 0 Å². The fourth-order valence-electron chi connectivity index (χ4n) is 4.10. The molecular weight excluding hydrogens is 618 g/mol. The minimum atomic E-state index is -5.22. The van der Waals surface area contributed by atoms with Gasteiger partial charge in [-0.3, -0.25) is 15.0 Å². The maximum absolute atomic E-state index is 15.0. The highest BCUT2D eigenvalue weighted by molar-refractivity contribution is 5.96. The minimum Gasteiger partial charge on any atom is -0.481 e. The van der Waals surface area contributed by atoms with Gasteiger partial charge in [-0.1, -0.05) is 0 Å². The van der Waals surface area contributed by atoms with Crippen LogP contribution in [0.5, 0.6) is 5.88 Å². The summed E-state index contributed by atoms with van der Waals surface area (Å²) in [6.45, 7) is 4.19. The molecule has 242 valence electrons. The molecule has 1 heterocycles. The molecular formula is C28H26F6N4O7. The third kappa shape index (κ3) is 8.10. The van der Waals surface area contributed by atoms with Crippen LogP contribution in [0, 0.1) is 27.6 Å². The molecule has 0 bridgehead atoms. The first kappa shape index (κ1) is 34.4. The summed E-state index contributed by atoms with van der Waals surface area (Å²) >= 11 is 0. The number of halogens is 6. The molecule has 3 aromatic rings. The maximum Gasteiger partial charge on any atom is 0.419 e. The van der Waals surface area contributed by atoms with Gasteiger partial charge in [0.1, 0.15) is 11.2 Å². The van der Waals surface area contributed by atoms with Crippen molar-refractivity contribution in [2.45, 2.75) is 45.4 Å². The van der Waals surface area contributed by atoms with Crippen molar-refractivity contribution in [2.75, 3.05) is 23.9 Å². The number of amides is 1. The number of carbonyl (C=O) groups excluding carboxylic acids is 1. The smallest absolute Gasteiger partial charge is 0.419 e. The lowest BCUT2D eigenvalue weighted by Gasteiger charge is -2.27. The Bertz CT molecular complexity index is 1630. The Morgan fingerprint density at radius 1 is 1.02 bits per heavy atom. The van der Waals surface area contributed by atoms with Crippen molar-refractivity contribution in [1.82, 2.24) is 4.98 Å². The van der Waals surface area contributed by atoms with Gasteiger partial charge in [-0.05, 0) is 57.9 Å². The minimum absolute atomic E-state index is 0.0928. The zero-order chi connectivity index (χ0) is 33.9. The molecule has 17 heteroatoms. The summed E-state index contributed by atoms with van der Waals surface area (Å²) in [4.78, 5) is 40.5. The number of carbonyl (C=O) groups is 2. The number of aromatic carboxylic acids is 1. The number of hydrogen-bond acceptors (Lipinski definition) is 8. The van der Waals surface area contributed by atoms with E-state index >= 15 is 4.39 Å². The van der Waals surface area contributed by atoms with Crippen LogP contribution in [0.1, 0.15) is 48.7 Å². The van der Waals surface area contributed by atoms with Crippen LogP contribution in [0.2, 0.25) is 0 Å². The van der Waals surface area contributed by atoms with E-state index in [2.05, 4.69) is 10.3 Å². The van der Waals surface area contributed by atoms with Crippen molar-refractivity contribution in [3.63, 3.8) is 0 Å². The van der Waals surface area contributed by atoms with Crippen LogP contribution in [0.25, 0.3) is 0 Å². The molecule has 2 aromatic carbocycles. The number of pyridine rings is 1. The Morgan fingerprint density at radius 2 is 1.67 bits per heavy atom. The van der Waals surface area contributed by atoms with Gasteiger partial charge in [0.2, 0.25) is 11.7 Å². The quantitative estimate of drug-likeness (QED) is 0.132. The summed E-state index contributed by atoms with van der Waals surface area (Å²) in [7, 11) is 1.23. The van der Waals surface area contributed by atoms with Crippen LogP contribution in [-0.4, -0.2) is 46.3 Å². The summed E-state index contributed by atoms with van der Waals surface area (Å²) in [5.41, 5.74) is -6.38. The predicted molar refractivity (Wildman–Crippen MR) is 147 cm³/mol. The lowest BCUT2D eigenvalue weighted by molar-refractivity contribution is -0.384. The number of nitrogens with one attached hydrogen (secondary N) is 1. The van der Waals surface area contributed by atoms with Crippen molar-refractivity contribution in [3.8, 4) is 5.88 Å². The van der Waals surface area contributed by atoms with Gasteiger partial charge >= 0.3 is 23.9 Å². The molecule has 0 saturated heterocycles. The second-order valence-corrected chi connectivity index (χ2v) is 10.4. The van der Waals surface area contributed by atoms with E-state index in [-0.39, 0.29) is 24.1 Å². The molecule has 0 aliphatic rings. The molecule has 0 unspecified atom stereocenters. The van der Waals surface area contributed by atoms with Crippen molar-refractivity contribution in [2.24, 2.45) is 0 Å². The fraction of sp³-hybridized carbons (Fsp3) is 0.321. The number of rotatable bonds is 10. The fourth-order valence-corrected chi connectivity index (χ4v) is 4.10. The first-order chi connectivity index (χ1) is 20.9. The van der Waals surface area contributed by atoms with Crippen LogP contribution in [0.4, 0.5) is 54.0 Å². The van der Waals surface area contributed by atoms with Crippen molar-refractivity contribution < 1.29 is 55.4 Å². The standard InChI is InChI=1S/C28H26F6N4O7/c1-27(2,3)45-26(41)37(24-19(38(42)43)11-12-20(36-24)44-4)13-5-6-14-17(10-8-16(29)22(14)30)35-18-9-7-15(28(32,33)34)23(31)21(18)25(39)40/h7-12,35H,5-6,13H2,1-4H3,(H,39,40). The molecule has 0 atom stereocenters. The van der Waals surface area contributed by atoms with Gasteiger partial charge in [0.05, 0.1) is 23.3 Å². The summed E-state index contributed by atoms with van der Waals surface area (Å²) in [6, 6.07) is 4.74. The Balaban J connectivity index is 2.01. The number of methoxy groups -OCH3 is 1. The number of carboxylic acids is 1. The van der Waals surface area contributed by atoms with E-state index in [4.69, 9.17) is 9.47 Å². The number of nitrogens with zero attached hydrogens (tertiary/aromatic N) is 3. The molecule has 0 radical (unpaired) electrons. The lowest BCUT2D eigenvalue weighted by Crippen LogP contribution is -2.38. The third-order valence-corrected chi connectivity index (χ3v) is 6.04. The molecule has 1 amide bonds. The first-order valence-corrected chi connectivity index (χ1v) is 12.9. The highest BCUT2D eigenvalue weighted by atomic mass is 19.4. The second-order valence-electron chi connectivity index (χ2n) is 10.4. The van der Waals surface area contributed by atoms with Gasteiger partial charge in [-0.25, -0.2) is 22.8 Å². The number of anilines is 3. The van der Waals surface area contributed by atoms with E-state index < -0.39 is 93.1 Å². The zero-order valence-electron chi connectivity index (χ0n) is 24.1. The summed E-state index contributed by atoms with van der Waals surface area (Å²) < 4.78 is 93.8. The van der Waals surface area contributed by atoms with Crippen molar-refractivity contribution in [1.29, 1.82) is 0 Å². The van der Waals surface area contributed by atoms with Crippen LogP contribution < -0.4 is 15.0 Å². The molecule has 0 spiro atoms. The zero-order valence-corrected chi connectivity index (χ0v) is 24.1. The highest BCUT2D eigenvalue weighted by Crippen LogP contribution is 2.37. The monoisotopic (exact) mass is 644 g/mol. The summed E-state index contributed by atoms with van der Waals surface area (Å²) in [5.74, 6) is -7.50. The van der Waals surface area contributed by atoms with Gasteiger partial charge in [0.15, 0.2) is 17.5 Å². The van der Waals surface area contributed by atoms with E-state index in [1.807, 2.05) is 0 Å².